The number of nitrogens with zero attached hydrogens (tertiary/aromatic N) is 2. The molecule has 104 valence electrons. The van der Waals surface area contributed by atoms with Gasteiger partial charge >= 0.3 is 0 Å². The van der Waals surface area contributed by atoms with Gasteiger partial charge in [-0.25, -0.2) is 9.97 Å². The van der Waals surface area contributed by atoms with E-state index < -0.39 is 0 Å². The predicted molar refractivity (Wildman–Crippen MR) is 80.2 cm³/mol. The molecule has 0 aliphatic carbocycles. The monoisotopic (exact) mass is 269 g/mol. The molecule has 0 fully saturated rings. The summed E-state index contributed by atoms with van der Waals surface area (Å²) in [6, 6.07) is 6.34. The Balaban J connectivity index is 2.09. The van der Waals surface area contributed by atoms with Gasteiger partial charge in [-0.05, 0) is 30.2 Å². The van der Waals surface area contributed by atoms with Crippen molar-refractivity contribution in [1.29, 1.82) is 0 Å². The molecule has 0 radical (unpaired) electrons. The zero-order valence-electron chi connectivity index (χ0n) is 11.9. The molecule has 1 aromatic heterocycles. The van der Waals surface area contributed by atoms with Gasteiger partial charge in [-0.1, -0.05) is 13.3 Å². The topological polar surface area (TPSA) is 47.0 Å². The summed E-state index contributed by atoms with van der Waals surface area (Å²) in [6.07, 6.45) is 4.66. The third-order valence-electron chi connectivity index (χ3n) is 3.65. The molecule has 0 saturated carbocycles. The molecular formula is C16H19N3O. The summed E-state index contributed by atoms with van der Waals surface area (Å²) in [7, 11) is 1.90. The van der Waals surface area contributed by atoms with Crippen molar-refractivity contribution in [3.05, 3.63) is 35.7 Å². The van der Waals surface area contributed by atoms with E-state index in [9.17, 15) is 0 Å². The van der Waals surface area contributed by atoms with E-state index in [1.165, 1.54) is 11.1 Å². The second-order valence-electron chi connectivity index (χ2n) is 4.97. The Morgan fingerprint density at radius 3 is 3.00 bits per heavy atom. The van der Waals surface area contributed by atoms with Crippen LogP contribution >= 0.6 is 0 Å². The molecule has 4 nitrogen and oxygen atoms in total. The molecule has 1 aliphatic heterocycles. The third-order valence-corrected chi connectivity index (χ3v) is 3.65. The number of hydrogen-bond acceptors (Lipinski definition) is 4. The first kappa shape index (κ1) is 12.9. The molecule has 0 unspecified atom stereocenters. The van der Waals surface area contributed by atoms with Crippen LogP contribution in [0.15, 0.2) is 24.5 Å². The molecule has 2 aromatic rings. The summed E-state index contributed by atoms with van der Waals surface area (Å²) >= 11 is 0. The maximum absolute atomic E-state index is 5.57. The van der Waals surface area contributed by atoms with Gasteiger partial charge in [0.25, 0.3) is 0 Å². The van der Waals surface area contributed by atoms with Crippen LogP contribution in [0, 0.1) is 0 Å². The highest BCUT2D eigenvalue weighted by Crippen LogP contribution is 2.32. The van der Waals surface area contributed by atoms with Gasteiger partial charge < -0.3 is 10.1 Å². The summed E-state index contributed by atoms with van der Waals surface area (Å²) in [5.74, 6) is 1.93. The van der Waals surface area contributed by atoms with Gasteiger partial charge in [0.15, 0.2) is 0 Å². The number of aromatic nitrogens is 2. The average molecular weight is 269 g/mol. The molecule has 0 atom stereocenters. The minimum absolute atomic E-state index is 0.784. The van der Waals surface area contributed by atoms with Gasteiger partial charge in [0.1, 0.15) is 17.9 Å². The zero-order valence-corrected chi connectivity index (χ0v) is 11.9. The molecule has 0 spiro atoms. The number of nitrogens with one attached hydrogen (secondary N) is 1. The van der Waals surface area contributed by atoms with Crippen LogP contribution in [0.4, 0.5) is 5.82 Å². The minimum Gasteiger partial charge on any atom is -0.493 e. The average Bonchev–Trinajstić information content (AvgIpc) is 2.95. The minimum atomic E-state index is 0.784. The largest absolute Gasteiger partial charge is 0.493 e. The van der Waals surface area contributed by atoms with Crippen molar-refractivity contribution >= 4 is 5.82 Å². The predicted octanol–water partition coefficient (Wildman–Crippen LogP) is 3.07. The van der Waals surface area contributed by atoms with Crippen molar-refractivity contribution in [1.82, 2.24) is 9.97 Å². The van der Waals surface area contributed by atoms with Gasteiger partial charge in [0.05, 0.1) is 12.3 Å². The number of anilines is 1. The molecule has 20 heavy (non-hydrogen) atoms. The SMILES string of the molecule is CCCc1c(NC)ncnc1-c1ccc2c(c1)CCO2. The van der Waals surface area contributed by atoms with E-state index in [2.05, 4.69) is 40.4 Å². The van der Waals surface area contributed by atoms with E-state index in [1.807, 2.05) is 7.05 Å². The van der Waals surface area contributed by atoms with Crippen LogP contribution in [-0.2, 0) is 12.8 Å². The van der Waals surface area contributed by atoms with Crippen molar-refractivity contribution < 1.29 is 4.74 Å². The first-order chi connectivity index (χ1) is 9.83. The molecular weight excluding hydrogens is 250 g/mol. The fourth-order valence-corrected chi connectivity index (χ4v) is 2.70. The van der Waals surface area contributed by atoms with Crippen LogP contribution in [0.3, 0.4) is 0 Å². The molecule has 1 N–H and O–H groups in total. The van der Waals surface area contributed by atoms with Crippen molar-refractivity contribution in [2.24, 2.45) is 0 Å². The normalized spacial score (nSPS) is 12.9. The highest BCUT2D eigenvalue weighted by Gasteiger charge is 2.16. The summed E-state index contributed by atoms with van der Waals surface area (Å²) in [6.45, 7) is 2.96. The second-order valence-corrected chi connectivity index (χ2v) is 4.97. The number of hydrogen-bond donors (Lipinski definition) is 1. The number of rotatable bonds is 4. The maximum atomic E-state index is 5.57. The van der Waals surface area contributed by atoms with E-state index in [-0.39, 0.29) is 0 Å². The Bertz CT molecular complexity index is 625. The van der Waals surface area contributed by atoms with E-state index >= 15 is 0 Å². The summed E-state index contributed by atoms with van der Waals surface area (Å²) in [4.78, 5) is 8.84. The van der Waals surface area contributed by atoms with Gasteiger partial charge in [-0.2, -0.15) is 0 Å². The molecule has 0 bridgehead atoms. The highest BCUT2D eigenvalue weighted by atomic mass is 16.5. The van der Waals surface area contributed by atoms with Gasteiger partial charge in [0.2, 0.25) is 0 Å². The van der Waals surface area contributed by atoms with Crippen molar-refractivity contribution in [2.45, 2.75) is 26.2 Å². The van der Waals surface area contributed by atoms with E-state index in [4.69, 9.17) is 4.74 Å². The molecule has 4 heteroatoms. The number of fused-ring (bicyclic) bond motifs is 1. The lowest BCUT2D eigenvalue weighted by molar-refractivity contribution is 0.357. The third kappa shape index (κ3) is 2.22. The first-order valence-corrected chi connectivity index (χ1v) is 7.11. The van der Waals surface area contributed by atoms with Crippen LogP contribution in [-0.4, -0.2) is 23.6 Å². The van der Waals surface area contributed by atoms with E-state index in [1.54, 1.807) is 6.33 Å². The van der Waals surface area contributed by atoms with Gasteiger partial charge in [-0.15, -0.1) is 0 Å². The molecule has 1 aromatic carbocycles. The van der Waals surface area contributed by atoms with Crippen LogP contribution < -0.4 is 10.1 Å². The standard InChI is InChI=1S/C16H19N3O/c1-3-4-13-15(18-10-19-16(13)17-2)12-5-6-14-11(9-12)7-8-20-14/h5-6,9-10H,3-4,7-8H2,1-2H3,(H,17,18,19). The molecule has 0 amide bonds. The van der Waals surface area contributed by atoms with Crippen LogP contribution in [0.1, 0.15) is 24.5 Å². The summed E-state index contributed by atoms with van der Waals surface area (Å²) < 4.78 is 5.57. The van der Waals surface area contributed by atoms with Crippen molar-refractivity contribution in [3.63, 3.8) is 0 Å². The number of benzene rings is 1. The molecule has 2 heterocycles. The van der Waals surface area contributed by atoms with Crippen molar-refractivity contribution in [3.8, 4) is 17.0 Å². The molecule has 0 saturated heterocycles. The lowest BCUT2D eigenvalue weighted by Crippen LogP contribution is -2.03. The second kappa shape index (κ2) is 5.49. The molecule has 1 aliphatic rings. The smallest absolute Gasteiger partial charge is 0.132 e. The van der Waals surface area contributed by atoms with Crippen molar-refractivity contribution in [2.75, 3.05) is 19.0 Å². The maximum Gasteiger partial charge on any atom is 0.132 e. The molecule has 3 rings (SSSR count). The fraction of sp³-hybridized carbons (Fsp3) is 0.375. The van der Waals surface area contributed by atoms with Gasteiger partial charge in [0, 0.05) is 24.6 Å². The highest BCUT2D eigenvalue weighted by molar-refractivity contribution is 5.70. The Morgan fingerprint density at radius 2 is 2.20 bits per heavy atom. The van der Waals surface area contributed by atoms with Crippen LogP contribution in [0.25, 0.3) is 11.3 Å². The van der Waals surface area contributed by atoms with E-state index in [0.717, 1.165) is 48.7 Å². The van der Waals surface area contributed by atoms with Gasteiger partial charge in [-0.3, -0.25) is 0 Å². The van der Waals surface area contributed by atoms with Crippen LogP contribution in [0.5, 0.6) is 5.75 Å². The summed E-state index contributed by atoms with van der Waals surface area (Å²) in [5, 5.41) is 3.17. The summed E-state index contributed by atoms with van der Waals surface area (Å²) in [5.41, 5.74) is 4.64. The van der Waals surface area contributed by atoms with Crippen LogP contribution in [0.2, 0.25) is 0 Å². The Hall–Kier alpha value is -2.10. The van der Waals surface area contributed by atoms with E-state index in [0.29, 0.717) is 0 Å². The lowest BCUT2D eigenvalue weighted by atomic mass is 10.00. The zero-order chi connectivity index (χ0) is 13.9. The Morgan fingerprint density at radius 1 is 1.30 bits per heavy atom. The quantitative estimate of drug-likeness (QED) is 0.926. The first-order valence-electron chi connectivity index (χ1n) is 7.11. The Kier molecular flexibility index (Phi) is 3.54. The fourth-order valence-electron chi connectivity index (χ4n) is 2.70. The lowest BCUT2D eigenvalue weighted by Gasteiger charge is -2.12. The Labute approximate surface area is 119 Å². The number of ether oxygens (including phenoxy) is 1.